The summed E-state index contributed by atoms with van der Waals surface area (Å²) in [4.78, 5) is 40.6. The maximum atomic E-state index is 13.8. The molecule has 5 rings (SSSR count). The first-order valence-electron chi connectivity index (χ1n) is 18.3. The van der Waals surface area contributed by atoms with Gasteiger partial charge in [0, 0.05) is 6.42 Å². The van der Waals surface area contributed by atoms with Crippen LogP contribution in [0.2, 0.25) is 0 Å². The Morgan fingerprint density at radius 1 is 0.788 bits per heavy atom. The van der Waals surface area contributed by atoms with Crippen LogP contribution < -0.4 is 15.4 Å². The Morgan fingerprint density at radius 3 is 2.08 bits per heavy atom. The molecule has 0 radical (unpaired) electrons. The Kier molecular flexibility index (Phi) is 15.1. The number of amides is 2. The van der Waals surface area contributed by atoms with Crippen LogP contribution in [0.1, 0.15) is 54.4 Å². The molecule has 3 N–H and O–H groups in total. The molecule has 272 valence electrons. The highest BCUT2D eigenvalue weighted by Crippen LogP contribution is 2.20. The van der Waals surface area contributed by atoms with Crippen molar-refractivity contribution < 1.29 is 29.0 Å². The van der Waals surface area contributed by atoms with E-state index in [1.54, 1.807) is 0 Å². The molecule has 0 bridgehead atoms. The summed E-state index contributed by atoms with van der Waals surface area (Å²) in [6, 6.07) is 36.3. The number of allylic oxidation sites excluding steroid dienone is 2. The summed E-state index contributed by atoms with van der Waals surface area (Å²) in [5.41, 5.74) is 4.10. The van der Waals surface area contributed by atoms with E-state index in [9.17, 15) is 19.5 Å². The van der Waals surface area contributed by atoms with Crippen LogP contribution in [0.25, 0.3) is 0 Å². The highest BCUT2D eigenvalue weighted by Gasteiger charge is 2.27. The molecule has 0 saturated carbocycles. The van der Waals surface area contributed by atoms with Crippen molar-refractivity contribution >= 4 is 17.8 Å². The maximum Gasteiger partial charge on any atom is 0.309 e. The van der Waals surface area contributed by atoms with Crippen LogP contribution in [0.3, 0.4) is 0 Å². The number of hydrogen-bond acceptors (Lipinski definition) is 6. The van der Waals surface area contributed by atoms with Crippen molar-refractivity contribution in [2.45, 2.75) is 70.1 Å². The summed E-state index contributed by atoms with van der Waals surface area (Å²) < 4.78 is 11.8. The third-order valence-corrected chi connectivity index (χ3v) is 9.31. The van der Waals surface area contributed by atoms with E-state index in [0.717, 1.165) is 40.8 Å². The number of esters is 1. The van der Waals surface area contributed by atoms with Crippen molar-refractivity contribution in [3.05, 3.63) is 150 Å². The lowest BCUT2D eigenvalue weighted by molar-refractivity contribution is -0.150. The molecule has 1 aliphatic heterocycles. The van der Waals surface area contributed by atoms with Gasteiger partial charge in [-0.2, -0.15) is 0 Å². The van der Waals surface area contributed by atoms with Crippen molar-refractivity contribution in [2.24, 2.45) is 11.8 Å². The van der Waals surface area contributed by atoms with Crippen LogP contribution in [0.5, 0.6) is 5.75 Å². The molecule has 1 heterocycles. The number of aliphatic hydroxyl groups is 1. The van der Waals surface area contributed by atoms with Gasteiger partial charge in [0.1, 0.15) is 19.0 Å². The molecular weight excluding hydrogens is 652 g/mol. The van der Waals surface area contributed by atoms with Gasteiger partial charge in [-0.1, -0.05) is 115 Å². The standard InChI is InChI=1S/C44H50N2O6/c47-30-39(27-35-22-24-41(25-23-35)51-31-36-18-10-5-11-19-36)45-42(48)29-37-20-12-1-2-13-21-38(26-33-14-6-3-7-15-33)44(50)52-32-40(46-43(37)49)28-34-16-8-4-9-17-34/h1,3-12,14-19,22-25,37-40,47H,2,13,20-21,26-32H2,(H,45,48)(H,46,49)/t37-,38-,39+,40-/m1/s1. The molecule has 0 spiro atoms. The highest BCUT2D eigenvalue weighted by molar-refractivity contribution is 5.86. The Bertz CT molecular complexity index is 1700. The second kappa shape index (κ2) is 20.6. The fourth-order valence-corrected chi connectivity index (χ4v) is 6.43. The molecule has 8 heteroatoms. The molecule has 4 aromatic carbocycles. The van der Waals surface area contributed by atoms with Crippen LogP contribution in [0, 0.1) is 11.8 Å². The predicted octanol–water partition coefficient (Wildman–Crippen LogP) is 6.55. The van der Waals surface area contributed by atoms with Crippen LogP contribution in [-0.4, -0.2) is 48.2 Å². The van der Waals surface area contributed by atoms with Gasteiger partial charge >= 0.3 is 5.97 Å². The second-order valence-corrected chi connectivity index (χ2v) is 13.5. The lowest BCUT2D eigenvalue weighted by Crippen LogP contribution is -2.45. The average Bonchev–Trinajstić information content (AvgIpc) is 3.17. The minimum absolute atomic E-state index is 0.0299. The molecule has 2 amide bonds. The number of cyclic esters (lactones) is 1. The van der Waals surface area contributed by atoms with Crippen molar-refractivity contribution in [3.8, 4) is 5.75 Å². The Hall–Kier alpha value is -5.21. The SMILES string of the molecule is O=C(C[C@H]1CC=CCCC[C@H](Cc2ccccc2)C(=O)OC[C@@H](Cc2ccccc2)NC1=O)N[C@H](CO)Cc1ccc(OCc2ccccc2)cc1. The van der Waals surface area contributed by atoms with E-state index in [4.69, 9.17) is 9.47 Å². The normalized spacial score (nSPS) is 19.1. The number of carbonyl (C=O) groups excluding carboxylic acids is 3. The minimum atomic E-state index is -0.639. The van der Waals surface area contributed by atoms with Gasteiger partial charge in [-0.05, 0) is 79.3 Å². The number of benzene rings is 4. The maximum absolute atomic E-state index is 13.8. The van der Waals surface area contributed by atoms with Gasteiger partial charge in [0.25, 0.3) is 0 Å². The monoisotopic (exact) mass is 702 g/mol. The van der Waals surface area contributed by atoms with Crippen LogP contribution in [-0.2, 0) is 45.0 Å². The van der Waals surface area contributed by atoms with E-state index in [-0.39, 0.29) is 43.3 Å². The summed E-state index contributed by atoms with van der Waals surface area (Å²) in [7, 11) is 0. The largest absolute Gasteiger partial charge is 0.489 e. The molecule has 4 atom stereocenters. The quantitative estimate of drug-likeness (QED) is 0.108. The molecule has 1 aliphatic rings. The molecular formula is C44H50N2O6. The van der Waals surface area contributed by atoms with Crippen molar-refractivity contribution in [3.63, 3.8) is 0 Å². The van der Waals surface area contributed by atoms with Gasteiger partial charge in [0.2, 0.25) is 11.8 Å². The van der Waals surface area contributed by atoms with Crippen molar-refractivity contribution in [1.82, 2.24) is 10.6 Å². The van der Waals surface area contributed by atoms with E-state index in [1.807, 2.05) is 127 Å². The smallest absolute Gasteiger partial charge is 0.309 e. The molecule has 0 unspecified atom stereocenters. The van der Waals surface area contributed by atoms with Crippen molar-refractivity contribution in [1.29, 1.82) is 0 Å². The van der Waals surface area contributed by atoms with E-state index < -0.39 is 18.0 Å². The summed E-state index contributed by atoms with van der Waals surface area (Å²) >= 11 is 0. The van der Waals surface area contributed by atoms with E-state index in [2.05, 4.69) is 10.6 Å². The fraction of sp³-hybridized carbons (Fsp3) is 0.341. The van der Waals surface area contributed by atoms with Crippen LogP contribution in [0.4, 0.5) is 0 Å². The number of aliphatic hydroxyl groups excluding tert-OH is 1. The number of hydrogen-bond donors (Lipinski definition) is 3. The number of ether oxygens (including phenoxy) is 2. The third-order valence-electron chi connectivity index (χ3n) is 9.31. The zero-order chi connectivity index (χ0) is 36.4. The van der Waals surface area contributed by atoms with Gasteiger partial charge in [0.05, 0.1) is 30.5 Å². The van der Waals surface area contributed by atoms with Gasteiger partial charge in [-0.3, -0.25) is 14.4 Å². The third kappa shape index (κ3) is 12.8. The number of nitrogens with one attached hydrogen (secondary N) is 2. The fourth-order valence-electron chi connectivity index (χ4n) is 6.43. The molecule has 0 aliphatic carbocycles. The summed E-state index contributed by atoms with van der Waals surface area (Å²) in [6.07, 6.45) is 8.06. The number of carbonyl (C=O) groups is 3. The first kappa shape index (κ1) is 38.0. The first-order chi connectivity index (χ1) is 25.4. The lowest BCUT2D eigenvalue weighted by atomic mass is 9.93. The molecule has 0 fully saturated rings. The highest BCUT2D eigenvalue weighted by atomic mass is 16.5. The predicted molar refractivity (Wildman–Crippen MR) is 202 cm³/mol. The molecule has 52 heavy (non-hydrogen) atoms. The molecule has 0 saturated heterocycles. The Labute approximate surface area is 307 Å². The van der Waals surface area contributed by atoms with E-state index >= 15 is 0 Å². The molecule has 8 nitrogen and oxygen atoms in total. The second-order valence-electron chi connectivity index (χ2n) is 13.5. The summed E-state index contributed by atoms with van der Waals surface area (Å²) in [5, 5.41) is 16.2. The minimum Gasteiger partial charge on any atom is -0.489 e. The van der Waals surface area contributed by atoms with Crippen LogP contribution in [0.15, 0.2) is 127 Å². The Morgan fingerprint density at radius 2 is 1.42 bits per heavy atom. The van der Waals surface area contributed by atoms with Gasteiger partial charge in [0.15, 0.2) is 0 Å². The van der Waals surface area contributed by atoms with Gasteiger partial charge in [-0.15, -0.1) is 0 Å². The van der Waals surface area contributed by atoms with E-state index in [0.29, 0.717) is 38.7 Å². The average molecular weight is 703 g/mol. The van der Waals surface area contributed by atoms with Gasteiger partial charge < -0.3 is 25.2 Å². The van der Waals surface area contributed by atoms with Gasteiger partial charge in [-0.25, -0.2) is 0 Å². The summed E-state index contributed by atoms with van der Waals surface area (Å²) in [5.74, 6) is -1.05. The van der Waals surface area contributed by atoms with Crippen molar-refractivity contribution in [2.75, 3.05) is 13.2 Å². The summed E-state index contributed by atoms with van der Waals surface area (Å²) in [6.45, 7) is 0.250. The zero-order valence-corrected chi connectivity index (χ0v) is 29.7. The Balaban J connectivity index is 1.21. The first-order valence-corrected chi connectivity index (χ1v) is 18.3. The topological polar surface area (TPSA) is 114 Å². The van der Waals surface area contributed by atoms with Crippen LogP contribution >= 0.6 is 0 Å². The molecule has 0 aromatic heterocycles. The zero-order valence-electron chi connectivity index (χ0n) is 29.7. The molecule has 4 aromatic rings. The lowest BCUT2D eigenvalue weighted by Gasteiger charge is -2.24. The van der Waals surface area contributed by atoms with E-state index in [1.165, 1.54) is 0 Å². The number of rotatable bonds is 13.